The van der Waals surface area contributed by atoms with Crippen molar-refractivity contribution in [3.8, 4) is 22.7 Å². The van der Waals surface area contributed by atoms with Crippen LogP contribution < -0.4 is 4.74 Å². The molecule has 0 aliphatic carbocycles. The summed E-state index contributed by atoms with van der Waals surface area (Å²) in [6.45, 7) is -0.122. The number of aromatic nitrogens is 2. The molecule has 0 bridgehead atoms. The van der Waals surface area contributed by atoms with Gasteiger partial charge >= 0.3 is 5.97 Å². The van der Waals surface area contributed by atoms with E-state index in [0.717, 1.165) is 5.69 Å². The molecule has 1 aromatic heterocycles. The van der Waals surface area contributed by atoms with Gasteiger partial charge in [0.05, 0.1) is 17.2 Å². The molecule has 0 radical (unpaired) electrons. The van der Waals surface area contributed by atoms with Crippen molar-refractivity contribution < 1.29 is 28.3 Å². The van der Waals surface area contributed by atoms with Gasteiger partial charge in [0, 0.05) is 35.0 Å². The molecule has 0 spiro atoms. The summed E-state index contributed by atoms with van der Waals surface area (Å²) in [6.07, 6.45) is 1.53. The van der Waals surface area contributed by atoms with Crippen LogP contribution in [0.2, 0.25) is 0 Å². The summed E-state index contributed by atoms with van der Waals surface area (Å²) in [5.41, 5.74) is 2.41. The molecule has 3 aromatic carbocycles. The van der Waals surface area contributed by atoms with Crippen LogP contribution in [0.25, 0.3) is 16.9 Å². The minimum absolute atomic E-state index is 0.00960. The Balaban J connectivity index is 1.48. The Morgan fingerprint density at radius 2 is 1.91 bits per heavy atom. The predicted molar refractivity (Wildman–Crippen MR) is 121 cm³/mol. The number of esters is 1. The molecule has 2 heterocycles. The fourth-order valence-corrected chi connectivity index (χ4v) is 3.77. The van der Waals surface area contributed by atoms with Crippen LogP contribution >= 0.6 is 0 Å². The second kappa shape index (κ2) is 9.35. The lowest BCUT2D eigenvalue weighted by Crippen LogP contribution is -2.15. The van der Waals surface area contributed by atoms with E-state index in [1.165, 1.54) is 47.3 Å². The molecular weight excluding hydrogens is 457 g/mol. The molecule has 1 aliphatic rings. The summed E-state index contributed by atoms with van der Waals surface area (Å²) in [4.78, 5) is 24.0. The highest BCUT2D eigenvalue weighted by Gasteiger charge is 2.24. The van der Waals surface area contributed by atoms with Crippen LogP contribution in [0, 0.1) is 15.9 Å². The van der Waals surface area contributed by atoms with Gasteiger partial charge in [-0.15, -0.1) is 0 Å². The maximum Gasteiger partial charge on any atom is 0.342 e. The minimum Gasteiger partial charge on any atom is -0.467 e. The van der Waals surface area contributed by atoms with E-state index in [1.807, 2.05) is 30.3 Å². The van der Waals surface area contributed by atoms with Gasteiger partial charge in [-0.05, 0) is 36.4 Å². The minimum atomic E-state index is -0.696. The van der Waals surface area contributed by atoms with E-state index in [0.29, 0.717) is 28.1 Å². The highest BCUT2D eigenvalue weighted by atomic mass is 19.1. The Morgan fingerprint density at radius 3 is 2.66 bits per heavy atom. The van der Waals surface area contributed by atoms with Gasteiger partial charge in [-0.25, -0.2) is 13.9 Å². The van der Waals surface area contributed by atoms with Gasteiger partial charge in [0.25, 0.3) is 5.69 Å². The van der Waals surface area contributed by atoms with E-state index in [1.54, 1.807) is 0 Å². The Hall–Kier alpha value is -4.57. The van der Waals surface area contributed by atoms with Crippen LogP contribution in [0.1, 0.15) is 21.5 Å². The van der Waals surface area contributed by atoms with E-state index in [9.17, 15) is 19.3 Å². The zero-order valence-electron chi connectivity index (χ0n) is 18.2. The van der Waals surface area contributed by atoms with Crippen LogP contribution in [-0.4, -0.2) is 27.5 Å². The first kappa shape index (κ1) is 22.2. The van der Waals surface area contributed by atoms with Crippen molar-refractivity contribution in [1.82, 2.24) is 9.78 Å². The van der Waals surface area contributed by atoms with Crippen molar-refractivity contribution in [2.45, 2.75) is 13.2 Å². The molecule has 0 N–H and O–H groups in total. The van der Waals surface area contributed by atoms with Crippen molar-refractivity contribution in [2.75, 3.05) is 6.79 Å². The molecule has 0 unspecified atom stereocenters. The standard InChI is InChI=1S/C25H18FN3O6/c26-19-8-6-16(7-9-19)23-22(12-28(27-23)20-4-2-1-3-5-20)25(30)34-14-18-11-21(29(31)32)10-17-13-33-15-35-24(17)18/h1-12H,13-15H2. The van der Waals surface area contributed by atoms with Gasteiger partial charge in [-0.1, -0.05) is 18.2 Å². The molecule has 0 amide bonds. The lowest BCUT2D eigenvalue weighted by Gasteiger charge is -2.20. The Morgan fingerprint density at radius 1 is 1.14 bits per heavy atom. The number of hydrogen-bond donors (Lipinski definition) is 0. The summed E-state index contributed by atoms with van der Waals surface area (Å²) in [6, 6.07) is 17.5. The molecule has 0 fully saturated rings. The maximum absolute atomic E-state index is 13.5. The van der Waals surface area contributed by atoms with Gasteiger partial charge in [-0.3, -0.25) is 10.1 Å². The molecule has 1 aliphatic heterocycles. The van der Waals surface area contributed by atoms with Crippen LogP contribution in [0.5, 0.6) is 5.75 Å². The van der Waals surface area contributed by atoms with E-state index in [2.05, 4.69) is 5.10 Å². The SMILES string of the molecule is O=C(OCc1cc([N+](=O)[O-])cc2c1OCOC2)c1cn(-c2ccccc2)nc1-c1ccc(F)cc1. The normalized spacial score (nSPS) is 12.5. The molecule has 35 heavy (non-hydrogen) atoms. The number of nitro groups is 1. The highest BCUT2D eigenvalue weighted by molar-refractivity contribution is 5.96. The lowest BCUT2D eigenvalue weighted by atomic mass is 10.1. The number of carbonyl (C=O) groups excluding carboxylic acids is 1. The maximum atomic E-state index is 13.5. The largest absolute Gasteiger partial charge is 0.467 e. The Labute approximate surface area is 198 Å². The second-order valence-corrected chi connectivity index (χ2v) is 7.72. The number of halogens is 1. The highest BCUT2D eigenvalue weighted by Crippen LogP contribution is 2.33. The third-order valence-electron chi connectivity index (χ3n) is 5.41. The van der Waals surface area contributed by atoms with E-state index >= 15 is 0 Å². The fraction of sp³-hybridized carbons (Fsp3) is 0.120. The first-order valence-corrected chi connectivity index (χ1v) is 10.6. The van der Waals surface area contributed by atoms with E-state index in [-0.39, 0.29) is 31.3 Å². The first-order chi connectivity index (χ1) is 17.0. The number of nitrogens with zero attached hydrogens (tertiary/aromatic N) is 3. The summed E-state index contributed by atoms with van der Waals surface area (Å²) in [5, 5.41) is 15.9. The average molecular weight is 475 g/mol. The number of hydrogen-bond acceptors (Lipinski definition) is 7. The Bertz CT molecular complexity index is 1400. The number of nitro benzene ring substituents is 1. The molecular formula is C25H18FN3O6. The van der Waals surface area contributed by atoms with Gasteiger partial charge < -0.3 is 14.2 Å². The summed E-state index contributed by atoms with van der Waals surface area (Å²) in [7, 11) is 0. The van der Waals surface area contributed by atoms with Crippen molar-refractivity contribution in [3.63, 3.8) is 0 Å². The fourth-order valence-electron chi connectivity index (χ4n) is 3.77. The predicted octanol–water partition coefficient (Wildman–Crippen LogP) is 4.81. The number of carbonyl (C=O) groups is 1. The molecule has 0 atom stereocenters. The first-order valence-electron chi connectivity index (χ1n) is 10.6. The van der Waals surface area contributed by atoms with Crippen molar-refractivity contribution in [1.29, 1.82) is 0 Å². The van der Waals surface area contributed by atoms with Crippen molar-refractivity contribution >= 4 is 11.7 Å². The third kappa shape index (κ3) is 4.59. The monoisotopic (exact) mass is 475 g/mol. The summed E-state index contributed by atoms with van der Waals surface area (Å²) in [5.74, 6) is -0.716. The molecule has 0 saturated heterocycles. The second-order valence-electron chi connectivity index (χ2n) is 7.72. The van der Waals surface area contributed by atoms with E-state index in [4.69, 9.17) is 14.2 Å². The molecule has 9 nitrogen and oxygen atoms in total. The Kier molecular flexibility index (Phi) is 5.94. The summed E-state index contributed by atoms with van der Waals surface area (Å²) >= 11 is 0. The summed E-state index contributed by atoms with van der Waals surface area (Å²) < 4.78 is 31.3. The number of fused-ring (bicyclic) bond motifs is 1. The van der Waals surface area contributed by atoms with Gasteiger partial charge in [0.1, 0.15) is 29.4 Å². The van der Waals surface area contributed by atoms with Gasteiger partial charge in [-0.2, -0.15) is 5.10 Å². The van der Waals surface area contributed by atoms with Gasteiger partial charge in [0.15, 0.2) is 6.79 Å². The van der Waals surface area contributed by atoms with Crippen LogP contribution in [-0.2, 0) is 22.7 Å². The van der Waals surface area contributed by atoms with Crippen molar-refractivity contribution in [3.05, 3.63) is 106 Å². The molecule has 176 valence electrons. The van der Waals surface area contributed by atoms with Crippen LogP contribution in [0.15, 0.2) is 72.9 Å². The van der Waals surface area contributed by atoms with Crippen LogP contribution in [0.3, 0.4) is 0 Å². The number of non-ortho nitro benzene ring substituents is 1. The molecule has 5 rings (SSSR count). The average Bonchev–Trinajstić information content (AvgIpc) is 3.33. The molecule has 10 heteroatoms. The number of benzene rings is 3. The number of para-hydroxylation sites is 1. The van der Waals surface area contributed by atoms with Crippen molar-refractivity contribution in [2.24, 2.45) is 0 Å². The molecule has 0 saturated carbocycles. The number of rotatable bonds is 6. The lowest BCUT2D eigenvalue weighted by molar-refractivity contribution is -0.385. The van der Waals surface area contributed by atoms with Crippen LogP contribution in [0.4, 0.5) is 10.1 Å². The van der Waals surface area contributed by atoms with Gasteiger partial charge in [0.2, 0.25) is 0 Å². The number of ether oxygens (including phenoxy) is 3. The quantitative estimate of drug-likeness (QED) is 0.224. The zero-order chi connectivity index (χ0) is 24.4. The third-order valence-corrected chi connectivity index (χ3v) is 5.41. The topological polar surface area (TPSA) is 106 Å². The zero-order valence-corrected chi connectivity index (χ0v) is 18.2. The molecule has 4 aromatic rings. The van der Waals surface area contributed by atoms with E-state index < -0.39 is 16.7 Å². The smallest absolute Gasteiger partial charge is 0.342 e.